The number of aliphatic hydroxyl groups is 1. The Labute approximate surface area is 59.0 Å². The number of halogens is 2. The van der Waals surface area contributed by atoms with E-state index in [1.807, 2.05) is 0 Å². The van der Waals surface area contributed by atoms with Crippen LogP contribution in [0.2, 0.25) is 0 Å². The Bertz CT molecular complexity index is 125. The van der Waals surface area contributed by atoms with Crippen molar-refractivity contribution in [1.29, 1.82) is 0 Å². The lowest BCUT2D eigenvalue weighted by Crippen LogP contribution is -2.33. The van der Waals surface area contributed by atoms with E-state index in [4.69, 9.17) is 5.11 Å². The van der Waals surface area contributed by atoms with Crippen molar-refractivity contribution >= 4 is 0 Å². The fourth-order valence-electron chi connectivity index (χ4n) is 1.35. The van der Waals surface area contributed by atoms with Crippen molar-refractivity contribution in [1.82, 2.24) is 0 Å². The van der Waals surface area contributed by atoms with Gasteiger partial charge in [-0.3, -0.25) is 0 Å². The van der Waals surface area contributed by atoms with Crippen molar-refractivity contribution in [2.45, 2.75) is 38.2 Å². The smallest absolute Gasteiger partial charge is 0.248 e. The van der Waals surface area contributed by atoms with Crippen molar-refractivity contribution in [3.05, 3.63) is 0 Å². The molecule has 2 atom stereocenters. The molecule has 10 heavy (non-hydrogen) atoms. The molecule has 1 aliphatic carbocycles. The van der Waals surface area contributed by atoms with E-state index in [9.17, 15) is 8.78 Å². The Morgan fingerprint density at radius 1 is 1.50 bits per heavy atom. The highest BCUT2D eigenvalue weighted by Gasteiger charge is 2.38. The summed E-state index contributed by atoms with van der Waals surface area (Å²) in [7, 11) is 0. The average molecular weight is 150 g/mol. The normalized spacial score (nSPS) is 39.6. The molecule has 0 aromatic carbocycles. The van der Waals surface area contributed by atoms with E-state index in [2.05, 4.69) is 0 Å². The third kappa shape index (κ3) is 1.66. The molecule has 0 radical (unpaired) electrons. The summed E-state index contributed by atoms with van der Waals surface area (Å²) < 4.78 is 25.0. The van der Waals surface area contributed by atoms with E-state index >= 15 is 0 Å². The molecule has 0 heterocycles. The molecule has 0 bridgehead atoms. The molecule has 1 saturated carbocycles. The Morgan fingerprint density at radius 3 is 2.50 bits per heavy atom. The highest BCUT2D eigenvalue weighted by atomic mass is 19.3. The summed E-state index contributed by atoms with van der Waals surface area (Å²) in [5.74, 6) is -2.78. The lowest BCUT2D eigenvalue weighted by molar-refractivity contribution is -0.0873. The van der Waals surface area contributed by atoms with Gasteiger partial charge in [-0.05, 0) is 12.3 Å². The Balaban J connectivity index is 2.49. The number of hydrogen-bond donors (Lipinski definition) is 1. The molecule has 1 rings (SSSR count). The average Bonchev–Trinajstić information content (AvgIpc) is 1.79. The van der Waals surface area contributed by atoms with Crippen LogP contribution in [0.3, 0.4) is 0 Å². The molecule has 0 spiro atoms. The quantitative estimate of drug-likeness (QED) is 0.558. The molecule has 1 fully saturated rings. The summed E-state index contributed by atoms with van der Waals surface area (Å²) in [6.45, 7) is 1.66. The molecule has 1 aliphatic rings. The second kappa shape index (κ2) is 2.46. The summed E-state index contributed by atoms with van der Waals surface area (Å²) >= 11 is 0. The molecule has 2 unspecified atom stereocenters. The highest BCUT2D eigenvalue weighted by molar-refractivity contribution is 4.81. The minimum atomic E-state index is -2.53. The minimum absolute atomic E-state index is 0.154. The van der Waals surface area contributed by atoms with Crippen molar-refractivity contribution < 1.29 is 13.9 Å². The summed E-state index contributed by atoms with van der Waals surface area (Å²) in [4.78, 5) is 0. The van der Waals surface area contributed by atoms with E-state index in [-0.39, 0.29) is 25.2 Å². The van der Waals surface area contributed by atoms with Gasteiger partial charge in [-0.15, -0.1) is 0 Å². The van der Waals surface area contributed by atoms with Gasteiger partial charge in [0.15, 0.2) is 0 Å². The summed E-state index contributed by atoms with van der Waals surface area (Å²) in [6.07, 6.45) is -0.583. The monoisotopic (exact) mass is 150 g/mol. The van der Waals surface area contributed by atoms with E-state index in [0.29, 0.717) is 0 Å². The van der Waals surface area contributed by atoms with Gasteiger partial charge in [-0.25, -0.2) is 8.78 Å². The Morgan fingerprint density at radius 2 is 2.10 bits per heavy atom. The van der Waals surface area contributed by atoms with Crippen LogP contribution < -0.4 is 0 Å². The van der Waals surface area contributed by atoms with Gasteiger partial charge < -0.3 is 5.11 Å². The SMILES string of the molecule is CC1CC(F)(F)CCC1O. The van der Waals surface area contributed by atoms with Crippen LogP contribution in [0.15, 0.2) is 0 Å². The maximum Gasteiger partial charge on any atom is 0.248 e. The number of alkyl halides is 2. The summed E-state index contributed by atoms with van der Waals surface area (Å²) in [6, 6.07) is 0. The Kier molecular flexibility index (Phi) is 1.95. The first-order valence-electron chi connectivity index (χ1n) is 3.57. The van der Waals surface area contributed by atoms with Gasteiger partial charge in [0.2, 0.25) is 5.92 Å². The topological polar surface area (TPSA) is 20.2 Å². The molecular weight excluding hydrogens is 138 g/mol. The first-order chi connectivity index (χ1) is 4.51. The van der Waals surface area contributed by atoms with E-state index in [0.717, 1.165) is 0 Å². The molecule has 0 aliphatic heterocycles. The van der Waals surface area contributed by atoms with Crippen LogP contribution in [0.4, 0.5) is 8.78 Å². The van der Waals surface area contributed by atoms with E-state index < -0.39 is 12.0 Å². The van der Waals surface area contributed by atoms with Gasteiger partial charge >= 0.3 is 0 Å². The zero-order valence-electron chi connectivity index (χ0n) is 5.98. The predicted octanol–water partition coefficient (Wildman–Crippen LogP) is 1.80. The van der Waals surface area contributed by atoms with Crippen LogP contribution in [0.5, 0.6) is 0 Å². The van der Waals surface area contributed by atoms with Crippen LogP contribution in [-0.2, 0) is 0 Å². The number of rotatable bonds is 0. The van der Waals surface area contributed by atoms with Gasteiger partial charge in [-0.1, -0.05) is 6.92 Å². The lowest BCUT2D eigenvalue weighted by Gasteiger charge is -2.30. The zero-order valence-corrected chi connectivity index (χ0v) is 5.98. The summed E-state index contributed by atoms with van der Waals surface area (Å²) in [5, 5.41) is 9.08. The largest absolute Gasteiger partial charge is 0.393 e. The molecule has 0 aromatic heterocycles. The molecule has 3 heteroatoms. The van der Waals surface area contributed by atoms with Crippen molar-refractivity contribution in [3.63, 3.8) is 0 Å². The molecule has 0 aromatic rings. The second-order valence-electron chi connectivity index (χ2n) is 3.14. The van der Waals surface area contributed by atoms with Crippen LogP contribution in [0.25, 0.3) is 0 Å². The number of hydrogen-bond acceptors (Lipinski definition) is 1. The Hall–Kier alpha value is -0.180. The van der Waals surface area contributed by atoms with Crippen LogP contribution >= 0.6 is 0 Å². The zero-order chi connectivity index (χ0) is 7.78. The van der Waals surface area contributed by atoms with Crippen molar-refractivity contribution in [2.24, 2.45) is 5.92 Å². The first-order valence-corrected chi connectivity index (χ1v) is 3.57. The van der Waals surface area contributed by atoms with Gasteiger partial charge in [-0.2, -0.15) is 0 Å². The molecule has 1 nitrogen and oxygen atoms in total. The van der Waals surface area contributed by atoms with Crippen LogP contribution in [0.1, 0.15) is 26.2 Å². The third-order valence-electron chi connectivity index (χ3n) is 2.08. The third-order valence-corrected chi connectivity index (χ3v) is 2.08. The van der Waals surface area contributed by atoms with Crippen molar-refractivity contribution in [3.8, 4) is 0 Å². The fourth-order valence-corrected chi connectivity index (χ4v) is 1.35. The predicted molar refractivity (Wildman–Crippen MR) is 34.0 cm³/mol. The molecule has 1 N–H and O–H groups in total. The standard InChI is InChI=1S/C7H12F2O/c1-5-4-7(8,9)3-2-6(5)10/h5-6,10H,2-4H2,1H3. The van der Waals surface area contributed by atoms with Crippen LogP contribution in [-0.4, -0.2) is 17.1 Å². The number of aliphatic hydroxyl groups excluding tert-OH is 1. The maximum atomic E-state index is 12.5. The maximum absolute atomic E-state index is 12.5. The van der Waals surface area contributed by atoms with Crippen LogP contribution in [0, 0.1) is 5.92 Å². The second-order valence-corrected chi connectivity index (χ2v) is 3.14. The fraction of sp³-hybridized carbons (Fsp3) is 1.00. The van der Waals surface area contributed by atoms with Gasteiger partial charge in [0.25, 0.3) is 0 Å². The van der Waals surface area contributed by atoms with Crippen molar-refractivity contribution in [2.75, 3.05) is 0 Å². The molecular formula is C7H12F2O. The molecule has 60 valence electrons. The summed E-state index contributed by atoms with van der Waals surface area (Å²) in [5.41, 5.74) is 0. The highest BCUT2D eigenvalue weighted by Crippen LogP contribution is 2.36. The van der Waals surface area contributed by atoms with Gasteiger partial charge in [0, 0.05) is 12.8 Å². The minimum Gasteiger partial charge on any atom is -0.393 e. The lowest BCUT2D eigenvalue weighted by atomic mass is 9.85. The van der Waals surface area contributed by atoms with Gasteiger partial charge in [0.1, 0.15) is 0 Å². The van der Waals surface area contributed by atoms with E-state index in [1.54, 1.807) is 6.92 Å². The van der Waals surface area contributed by atoms with E-state index in [1.165, 1.54) is 0 Å². The van der Waals surface area contributed by atoms with Gasteiger partial charge in [0.05, 0.1) is 6.10 Å². The molecule has 0 saturated heterocycles. The first kappa shape index (κ1) is 7.92. The molecule has 0 amide bonds.